The Labute approximate surface area is 386 Å². The summed E-state index contributed by atoms with van der Waals surface area (Å²) in [5.74, 6) is 0. The number of nitrogens with two attached hydrogens (primary N) is 3. The van der Waals surface area contributed by atoms with E-state index in [4.69, 9.17) is 28.0 Å². The van der Waals surface area contributed by atoms with Gasteiger partial charge in [-0.25, -0.2) is 0 Å². The second-order valence-corrected chi connectivity index (χ2v) is 14.9. The van der Waals surface area contributed by atoms with Crippen molar-refractivity contribution in [3.05, 3.63) is 270 Å². The molecule has 0 atom stereocenters. The topological polar surface area (TPSA) is 126 Å². The fraction of sp³-hybridized carbons (Fsp3) is 0.0667. The lowest BCUT2D eigenvalue weighted by Crippen LogP contribution is -2.19. The predicted molar refractivity (Wildman–Crippen MR) is 281 cm³/mol. The monoisotopic (exact) mass is 851 g/mol. The number of anilines is 1. The molecule has 0 unspecified atom stereocenters. The Hall–Kier alpha value is -7.96. The van der Waals surface area contributed by atoms with Crippen molar-refractivity contribution >= 4 is 19.1 Å². The molecule has 0 spiro atoms. The zero-order valence-electron chi connectivity index (χ0n) is 37.5. The van der Waals surface area contributed by atoms with Crippen LogP contribution in [0.25, 0.3) is 44.5 Å². The third kappa shape index (κ3) is 16.7. The van der Waals surface area contributed by atoms with Gasteiger partial charge in [-0.1, -0.05) is 242 Å². The van der Waals surface area contributed by atoms with Gasteiger partial charge in [0.25, 0.3) is 0 Å². The fourth-order valence-corrected chi connectivity index (χ4v) is 6.73. The van der Waals surface area contributed by atoms with E-state index in [1.54, 1.807) is 0 Å². The molecule has 9 aromatic rings. The molecule has 0 saturated heterocycles. The number of aryl methyl sites for hydroxylation is 2. The summed E-state index contributed by atoms with van der Waals surface area (Å²) in [7, 11) is 0. The molecule has 65 heavy (non-hydrogen) atoms. The van der Waals surface area contributed by atoms with Gasteiger partial charge < -0.3 is 28.0 Å². The lowest BCUT2D eigenvalue weighted by Gasteiger charge is -2.12. The van der Waals surface area contributed by atoms with Crippen molar-refractivity contribution in [2.45, 2.75) is 26.4 Å². The number of hydrogen-bond acceptors (Lipinski definition) is 5. The Morgan fingerprint density at radius 3 is 0.938 bits per heavy atom. The van der Waals surface area contributed by atoms with Crippen LogP contribution in [0, 0.1) is 24.7 Å². The van der Waals surface area contributed by atoms with Crippen LogP contribution in [0.1, 0.15) is 34.0 Å². The van der Waals surface area contributed by atoms with E-state index in [2.05, 4.69) is 173 Å². The molecule has 0 heterocycles. The van der Waals surface area contributed by atoms with Crippen LogP contribution < -0.4 is 17.2 Å². The van der Waals surface area contributed by atoms with Crippen molar-refractivity contribution in [1.82, 2.24) is 0 Å². The summed E-state index contributed by atoms with van der Waals surface area (Å²) in [4.78, 5) is 0. The Balaban J connectivity index is 0.000000240. The van der Waals surface area contributed by atoms with Crippen LogP contribution in [0.2, 0.25) is 0 Å². The molecule has 0 bridgehead atoms. The van der Waals surface area contributed by atoms with Gasteiger partial charge in [-0.3, -0.25) is 0 Å². The summed E-state index contributed by atoms with van der Waals surface area (Å²) < 4.78 is 0. The minimum absolute atomic E-state index is 0.452. The Morgan fingerprint density at radius 2 is 0.615 bits per heavy atom. The molecule has 5 nitrogen and oxygen atoms in total. The van der Waals surface area contributed by atoms with Crippen molar-refractivity contribution < 1.29 is 0 Å². The molecule has 5 heteroatoms. The maximum Gasteiger partial charge on any atom is 0.0784 e. The number of nitrogens with one attached hydrogen (secondary N) is 2. The normalized spacial score (nSPS) is 9.74. The van der Waals surface area contributed by atoms with Crippen molar-refractivity contribution in [3.8, 4) is 44.5 Å². The molecular formula is C60H61N5. The van der Waals surface area contributed by atoms with Crippen LogP contribution in [0.3, 0.4) is 0 Å². The summed E-state index contributed by atoms with van der Waals surface area (Å²) in [6.07, 6.45) is 0.462. The van der Waals surface area contributed by atoms with Crippen LogP contribution in [-0.4, -0.2) is 13.4 Å². The van der Waals surface area contributed by atoms with Crippen LogP contribution >= 0.6 is 0 Å². The van der Waals surface area contributed by atoms with Gasteiger partial charge in [-0.15, -0.1) is 0 Å². The average Bonchev–Trinajstić information content (AvgIpc) is 3.37. The summed E-state index contributed by atoms with van der Waals surface area (Å²) in [5, 5.41) is 11.0. The summed E-state index contributed by atoms with van der Waals surface area (Å²) in [6, 6.07) is 83.6. The first kappa shape index (κ1) is 49.7. The number of nitrogen functional groups attached to an aromatic ring is 1. The van der Waals surface area contributed by atoms with Crippen molar-refractivity contribution in [2.24, 2.45) is 11.5 Å². The van der Waals surface area contributed by atoms with E-state index in [0.29, 0.717) is 0 Å². The lowest BCUT2D eigenvalue weighted by atomic mass is 9.93. The van der Waals surface area contributed by atoms with Crippen LogP contribution in [-0.2, 0) is 6.42 Å². The fourth-order valence-electron chi connectivity index (χ4n) is 6.73. The van der Waals surface area contributed by atoms with E-state index in [-0.39, 0.29) is 0 Å². The highest BCUT2D eigenvalue weighted by atomic mass is 14.8. The zero-order valence-corrected chi connectivity index (χ0v) is 37.5. The van der Waals surface area contributed by atoms with E-state index in [9.17, 15) is 0 Å². The SMILES string of the molecule is C=N.C=N.Cc1ccccc1.Cc1ccccc1.NC(N)c1ccc(-c2ccccc2-c2ccc(Cc3ccc(-c4ccccc4)cc3)cc2)cc1.Nc1ccc(-c2ccccc2)cc1. The standard InChI is InChI=1S/C32H28N2.C12H11N.2C7H8.2CH3N/c33-32(34)29-20-18-28(19-21-29)31-9-5-4-8-30(31)27-16-12-24(13-17-27)22-23-10-14-26(15-11-23)25-6-2-1-3-7-25;13-12-8-6-11(7-9-12)10-4-2-1-3-5-10;2*1-7-5-3-2-4-6-7;2*1-2/h1-21,32H,22,33-34H2;1-9H,13H2;2*2-6H,1H3;2*2H,1H2. The third-order valence-corrected chi connectivity index (χ3v) is 10.2. The molecule has 0 aliphatic rings. The summed E-state index contributed by atoms with van der Waals surface area (Å²) >= 11 is 0. The minimum Gasteiger partial charge on any atom is -0.399 e. The molecule has 326 valence electrons. The average molecular weight is 852 g/mol. The second kappa shape index (κ2) is 27.9. The van der Waals surface area contributed by atoms with Gasteiger partial charge in [0.2, 0.25) is 0 Å². The van der Waals surface area contributed by atoms with E-state index < -0.39 is 6.17 Å². The lowest BCUT2D eigenvalue weighted by molar-refractivity contribution is 0.774. The Bertz CT molecular complexity index is 2590. The maximum atomic E-state index is 5.80. The van der Waals surface area contributed by atoms with Crippen molar-refractivity contribution in [3.63, 3.8) is 0 Å². The Morgan fingerprint density at radius 1 is 0.338 bits per heavy atom. The first-order valence-electron chi connectivity index (χ1n) is 21.4. The van der Waals surface area contributed by atoms with Gasteiger partial charge in [0.1, 0.15) is 0 Å². The summed E-state index contributed by atoms with van der Waals surface area (Å²) in [6.45, 7) is 9.17. The van der Waals surface area contributed by atoms with Crippen LogP contribution in [0.5, 0.6) is 0 Å². The van der Waals surface area contributed by atoms with Gasteiger partial charge in [0, 0.05) is 5.69 Å². The largest absolute Gasteiger partial charge is 0.399 e. The van der Waals surface area contributed by atoms with Crippen molar-refractivity contribution in [2.75, 3.05) is 5.73 Å². The van der Waals surface area contributed by atoms with Crippen LogP contribution in [0.15, 0.2) is 243 Å². The zero-order chi connectivity index (χ0) is 46.7. The summed E-state index contributed by atoms with van der Waals surface area (Å²) in [5.41, 5.74) is 33.9. The Kier molecular flexibility index (Phi) is 21.3. The smallest absolute Gasteiger partial charge is 0.0784 e. The molecule has 8 N–H and O–H groups in total. The first-order chi connectivity index (χ1) is 31.8. The molecule has 0 aromatic heterocycles. The quantitative estimate of drug-likeness (QED) is 0.0623. The van der Waals surface area contributed by atoms with Crippen molar-refractivity contribution in [1.29, 1.82) is 10.8 Å². The van der Waals surface area contributed by atoms with E-state index >= 15 is 0 Å². The van der Waals surface area contributed by atoms with Gasteiger partial charge in [-0.2, -0.15) is 0 Å². The molecule has 9 rings (SSSR count). The molecule has 0 amide bonds. The molecule has 0 fully saturated rings. The number of benzene rings is 9. The van der Waals surface area contributed by atoms with Gasteiger partial charge in [0.05, 0.1) is 6.17 Å². The predicted octanol–water partition coefficient (Wildman–Crippen LogP) is 14.7. The van der Waals surface area contributed by atoms with Gasteiger partial charge >= 0.3 is 0 Å². The van der Waals surface area contributed by atoms with E-state index in [1.807, 2.05) is 97.1 Å². The second-order valence-electron chi connectivity index (χ2n) is 14.9. The third-order valence-electron chi connectivity index (χ3n) is 10.2. The van der Waals surface area contributed by atoms with E-state index in [1.165, 1.54) is 61.2 Å². The molecule has 9 aromatic carbocycles. The van der Waals surface area contributed by atoms with Gasteiger partial charge in [0.15, 0.2) is 0 Å². The maximum absolute atomic E-state index is 5.80. The highest BCUT2D eigenvalue weighted by Gasteiger charge is 2.09. The van der Waals surface area contributed by atoms with Gasteiger partial charge in [-0.05, 0) is 107 Å². The molecular weight excluding hydrogens is 791 g/mol. The molecule has 0 radical (unpaired) electrons. The molecule has 0 saturated carbocycles. The first-order valence-corrected chi connectivity index (χ1v) is 21.4. The molecule has 0 aliphatic heterocycles. The van der Waals surface area contributed by atoms with E-state index in [0.717, 1.165) is 23.2 Å². The van der Waals surface area contributed by atoms with Crippen LogP contribution in [0.4, 0.5) is 5.69 Å². The number of hydrogen-bond donors (Lipinski definition) is 5. The number of rotatable bonds is 7. The highest BCUT2D eigenvalue weighted by molar-refractivity contribution is 5.83. The molecule has 0 aliphatic carbocycles. The minimum atomic E-state index is -0.452. The highest BCUT2D eigenvalue weighted by Crippen LogP contribution is 2.33.